The molecule has 0 bridgehead atoms. The molecule has 0 aromatic heterocycles. The monoisotopic (exact) mass is 295 g/mol. The van der Waals surface area contributed by atoms with Crippen LogP contribution in [0.1, 0.15) is 38.7 Å². The molecular formula is C20H25NO. The highest BCUT2D eigenvalue weighted by molar-refractivity contribution is 5.88. The normalized spacial score (nSPS) is 24.7. The Bertz CT molecular complexity index is 685. The Hall–Kier alpha value is -1.54. The molecule has 2 aliphatic rings. The molecule has 2 nitrogen and oxygen atoms in total. The first-order valence-corrected chi connectivity index (χ1v) is 8.56. The van der Waals surface area contributed by atoms with Crippen LogP contribution < -0.4 is 4.74 Å². The molecule has 1 atom stereocenters. The summed E-state index contributed by atoms with van der Waals surface area (Å²) >= 11 is 0. The van der Waals surface area contributed by atoms with Crippen LogP contribution in [0.2, 0.25) is 0 Å². The van der Waals surface area contributed by atoms with Crippen molar-refractivity contribution in [3.05, 3.63) is 42.0 Å². The van der Waals surface area contributed by atoms with Gasteiger partial charge >= 0.3 is 0 Å². The van der Waals surface area contributed by atoms with E-state index in [0.29, 0.717) is 0 Å². The van der Waals surface area contributed by atoms with E-state index in [4.69, 9.17) is 4.74 Å². The first-order chi connectivity index (χ1) is 10.6. The molecule has 22 heavy (non-hydrogen) atoms. The molecule has 0 amide bonds. The van der Waals surface area contributed by atoms with Gasteiger partial charge in [-0.15, -0.1) is 0 Å². The van der Waals surface area contributed by atoms with Gasteiger partial charge in [0, 0.05) is 24.1 Å². The van der Waals surface area contributed by atoms with Crippen LogP contribution >= 0.6 is 0 Å². The maximum Gasteiger partial charge on any atom is 0.158 e. The van der Waals surface area contributed by atoms with Gasteiger partial charge in [0.15, 0.2) is 6.23 Å². The Kier molecular flexibility index (Phi) is 3.37. The van der Waals surface area contributed by atoms with Crippen LogP contribution in [0.15, 0.2) is 36.4 Å². The van der Waals surface area contributed by atoms with Crippen molar-refractivity contribution in [2.45, 2.75) is 45.8 Å². The van der Waals surface area contributed by atoms with E-state index in [1.165, 1.54) is 48.7 Å². The number of ether oxygens (including phenoxy) is 1. The van der Waals surface area contributed by atoms with Crippen LogP contribution in [0.3, 0.4) is 0 Å². The number of benzene rings is 2. The van der Waals surface area contributed by atoms with Crippen molar-refractivity contribution in [1.29, 1.82) is 0 Å². The van der Waals surface area contributed by atoms with Crippen molar-refractivity contribution in [1.82, 2.24) is 4.90 Å². The van der Waals surface area contributed by atoms with Gasteiger partial charge in [0.05, 0.1) is 0 Å². The third kappa shape index (κ3) is 2.30. The van der Waals surface area contributed by atoms with E-state index in [1.807, 2.05) is 0 Å². The summed E-state index contributed by atoms with van der Waals surface area (Å²) in [6.07, 6.45) is 5.28. The SMILES string of the molecule is CC1(C)Cc2c(ccc3ccccc23)OC1N1CCCCC1. The second-order valence-corrected chi connectivity index (χ2v) is 7.50. The number of fused-ring (bicyclic) bond motifs is 3. The molecule has 2 aliphatic heterocycles. The molecule has 2 heteroatoms. The summed E-state index contributed by atoms with van der Waals surface area (Å²) in [5.74, 6) is 1.09. The van der Waals surface area contributed by atoms with Crippen LogP contribution in [0.5, 0.6) is 5.75 Å². The number of hydrogen-bond acceptors (Lipinski definition) is 2. The van der Waals surface area contributed by atoms with Crippen molar-refractivity contribution >= 4 is 10.8 Å². The van der Waals surface area contributed by atoms with Gasteiger partial charge in [0.1, 0.15) is 5.75 Å². The third-order valence-corrected chi connectivity index (χ3v) is 5.26. The first-order valence-electron chi connectivity index (χ1n) is 8.56. The fourth-order valence-electron chi connectivity index (χ4n) is 4.15. The summed E-state index contributed by atoms with van der Waals surface area (Å²) in [5, 5.41) is 2.67. The second-order valence-electron chi connectivity index (χ2n) is 7.50. The molecule has 0 spiro atoms. The summed E-state index contributed by atoms with van der Waals surface area (Å²) in [7, 11) is 0. The molecule has 4 rings (SSSR count). The Balaban J connectivity index is 1.74. The Morgan fingerprint density at radius 2 is 1.77 bits per heavy atom. The number of nitrogens with zero attached hydrogens (tertiary/aromatic N) is 1. The largest absolute Gasteiger partial charge is 0.474 e. The zero-order valence-corrected chi connectivity index (χ0v) is 13.6. The molecule has 116 valence electrons. The minimum Gasteiger partial charge on any atom is -0.474 e. The minimum absolute atomic E-state index is 0.147. The van der Waals surface area contributed by atoms with Crippen molar-refractivity contribution < 1.29 is 4.74 Å². The third-order valence-electron chi connectivity index (χ3n) is 5.26. The average Bonchev–Trinajstić information content (AvgIpc) is 2.54. The smallest absolute Gasteiger partial charge is 0.158 e. The van der Waals surface area contributed by atoms with E-state index in [9.17, 15) is 0 Å². The number of piperidine rings is 1. The molecule has 0 aliphatic carbocycles. The average molecular weight is 295 g/mol. The van der Waals surface area contributed by atoms with Gasteiger partial charge in [0.25, 0.3) is 0 Å². The summed E-state index contributed by atoms with van der Waals surface area (Å²) < 4.78 is 6.52. The summed E-state index contributed by atoms with van der Waals surface area (Å²) in [5.41, 5.74) is 1.53. The maximum absolute atomic E-state index is 6.52. The number of rotatable bonds is 1. The van der Waals surface area contributed by atoms with Crippen LogP contribution in [-0.2, 0) is 6.42 Å². The lowest BCUT2D eigenvalue weighted by Gasteiger charge is -2.46. The van der Waals surface area contributed by atoms with Gasteiger partial charge in [-0.3, -0.25) is 4.90 Å². The van der Waals surface area contributed by atoms with Crippen molar-refractivity contribution in [3.63, 3.8) is 0 Å². The van der Waals surface area contributed by atoms with Gasteiger partial charge in [-0.05, 0) is 36.1 Å². The lowest BCUT2D eigenvalue weighted by molar-refractivity contribution is -0.0772. The molecule has 1 fully saturated rings. The summed E-state index contributed by atoms with van der Waals surface area (Å²) in [6, 6.07) is 13.0. The topological polar surface area (TPSA) is 12.5 Å². The maximum atomic E-state index is 6.52. The van der Waals surface area contributed by atoms with Crippen molar-refractivity contribution in [3.8, 4) is 5.75 Å². The van der Waals surface area contributed by atoms with Gasteiger partial charge in [-0.2, -0.15) is 0 Å². The Morgan fingerprint density at radius 3 is 2.59 bits per heavy atom. The van der Waals surface area contributed by atoms with E-state index in [0.717, 1.165) is 12.2 Å². The van der Waals surface area contributed by atoms with E-state index in [-0.39, 0.29) is 11.6 Å². The molecule has 0 N–H and O–H groups in total. The number of likely N-dealkylation sites (tertiary alicyclic amines) is 1. The molecule has 2 aromatic rings. The zero-order chi connectivity index (χ0) is 15.2. The van der Waals surface area contributed by atoms with Gasteiger partial charge in [0.2, 0.25) is 0 Å². The lowest BCUT2D eigenvalue weighted by atomic mass is 9.79. The van der Waals surface area contributed by atoms with E-state index < -0.39 is 0 Å². The molecule has 0 radical (unpaired) electrons. The Labute approximate surface area is 133 Å². The van der Waals surface area contributed by atoms with Crippen LogP contribution in [0.25, 0.3) is 10.8 Å². The van der Waals surface area contributed by atoms with Crippen molar-refractivity contribution in [2.24, 2.45) is 5.41 Å². The van der Waals surface area contributed by atoms with E-state index in [2.05, 4.69) is 55.1 Å². The first kappa shape index (κ1) is 14.1. The van der Waals surface area contributed by atoms with Crippen LogP contribution in [0, 0.1) is 5.41 Å². The van der Waals surface area contributed by atoms with Crippen LogP contribution in [-0.4, -0.2) is 24.2 Å². The van der Waals surface area contributed by atoms with E-state index in [1.54, 1.807) is 0 Å². The van der Waals surface area contributed by atoms with Gasteiger partial charge in [-0.1, -0.05) is 50.6 Å². The fraction of sp³-hybridized carbons (Fsp3) is 0.500. The highest BCUT2D eigenvalue weighted by Crippen LogP contribution is 2.43. The van der Waals surface area contributed by atoms with Gasteiger partial charge < -0.3 is 4.74 Å². The predicted octanol–water partition coefficient (Wildman–Crippen LogP) is 4.61. The molecule has 1 saturated heterocycles. The minimum atomic E-state index is 0.147. The predicted molar refractivity (Wildman–Crippen MR) is 91.3 cm³/mol. The van der Waals surface area contributed by atoms with Crippen molar-refractivity contribution in [2.75, 3.05) is 13.1 Å². The highest BCUT2D eigenvalue weighted by Gasteiger charge is 2.41. The van der Waals surface area contributed by atoms with Crippen LogP contribution in [0.4, 0.5) is 0 Å². The molecule has 1 unspecified atom stereocenters. The lowest BCUT2D eigenvalue weighted by Crippen LogP contribution is -2.53. The van der Waals surface area contributed by atoms with Gasteiger partial charge in [-0.25, -0.2) is 0 Å². The summed E-state index contributed by atoms with van der Waals surface area (Å²) in [4.78, 5) is 2.56. The quantitative estimate of drug-likeness (QED) is 0.761. The molecular weight excluding hydrogens is 270 g/mol. The second kappa shape index (κ2) is 5.27. The number of hydrogen-bond donors (Lipinski definition) is 0. The highest BCUT2D eigenvalue weighted by atomic mass is 16.5. The zero-order valence-electron chi connectivity index (χ0n) is 13.6. The standard InChI is InChI=1S/C20H25NO/c1-20(2)14-17-16-9-5-4-8-15(16)10-11-18(17)22-19(20)21-12-6-3-7-13-21/h4-5,8-11,19H,3,6-7,12-14H2,1-2H3. The summed E-state index contributed by atoms with van der Waals surface area (Å²) in [6.45, 7) is 7.07. The molecule has 2 heterocycles. The molecule has 2 aromatic carbocycles. The fourth-order valence-corrected chi connectivity index (χ4v) is 4.15. The van der Waals surface area contributed by atoms with E-state index >= 15 is 0 Å². The molecule has 0 saturated carbocycles. The Morgan fingerprint density at radius 1 is 1.00 bits per heavy atom.